The van der Waals surface area contributed by atoms with Gasteiger partial charge in [0.15, 0.2) is 9.84 Å². The Balaban J connectivity index is 2.98. The van der Waals surface area contributed by atoms with Gasteiger partial charge in [-0.2, -0.15) is 0 Å². The Hall–Kier alpha value is -2.13. The Labute approximate surface area is 122 Å². The van der Waals surface area contributed by atoms with E-state index in [0.29, 0.717) is 5.75 Å². The van der Waals surface area contributed by atoms with Crippen LogP contribution in [0.3, 0.4) is 0 Å². The summed E-state index contributed by atoms with van der Waals surface area (Å²) in [5.74, 6) is -1.79. The first-order valence-electron chi connectivity index (χ1n) is 5.88. The highest BCUT2D eigenvalue weighted by atomic mass is 32.2. The zero-order chi connectivity index (χ0) is 16.0. The van der Waals surface area contributed by atoms with Crippen LogP contribution in [0.2, 0.25) is 0 Å². The third-order valence-electron chi connectivity index (χ3n) is 2.61. The van der Waals surface area contributed by atoms with Crippen LogP contribution < -0.4 is 15.5 Å². The maximum absolute atomic E-state index is 12.2. The van der Waals surface area contributed by atoms with Gasteiger partial charge in [0.1, 0.15) is 11.8 Å². The van der Waals surface area contributed by atoms with Gasteiger partial charge in [-0.3, -0.25) is 14.8 Å². The van der Waals surface area contributed by atoms with E-state index in [1.54, 1.807) is 0 Å². The van der Waals surface area contributed by atoms with Crippen LogP contribution in [0.15, 0.2) is 29.2 Å². The van der Waals surface area contributed by atoms with E-state index in [-0.39, 0.29) is 4.90 Å². The summed E-state index contributed by atoms with van der Waals surface area (Å²) in [6, 6.07) is 4.20. The number of benzene rings is 1. The number of sulfone groups is 1. The molecule has 0 fully saturated rings. The van der Waals surface area contributed by atoms with Crippen molar-refractivity contribution in [1.82, 2.24) is 10.8 Å². The molecule has 0 aliphatic carbocycles. The van der Waals surface area contributed by atoms with Gasteiger partial charge in [0.05, 0.1) is 17.8 Å². The van der Waals surface area contributed by atoms with Gasteiger partial charge < -0.3 is 10.1 Å². The van der Waals surface area contributed by atoms with Crippen LogP contribution in [-0.4, -0.2) is 44.3 Å². The third kappa shape index (κ3) is 4.72. The fourth-order valence-electron chi connectivity index (χ4n) is 1.60. The maximum Gasteiger partial charge on any atom is 0.266 e. The minimum atomic E-state index is -3.83. The lowest BCUT2D eigenvalue weighted by molar-refractivity contribution is -0.133. The Morgan fingerprint density at radius 3 is 2.29 bits per heavy atom. The molecule has 0 aromatic heterocycles. The lowest BCUT2D eigenvalue weighted by Crippen LogP contribution is -2.49. The van der Waals surface area contributed by atoms with Gasteiger partial charge in [-0.15, -0.1) is 0 Å². The summed E-state index contributed by atoms with van der Waals surface area (Å²) in [5.41, 5.74) is 1.32. The number of hydrogen-bond acceptors (Lipinski definition) is 6. The average Bonchev–Trinajstić information content (AvgIpc) is 2.45. The molecule has 0 saturated heterocycles. The molecule has 9 heteroatoms. The second-order valence-corrected chi connectivity index (χ2v) is 6.22. The summed E-state index contributed by atoms with van der Waals surface area (Å²) in [7, 11) is -2.38. The number of ether oxygens (including phenoxy) is 1. The van der Waals surface area contributed by atoms with Crippen LogP contribution in [0.1, 0.15) is 6.92 Å². The highest BCUT2D eigenvalue weighted by molar-refractivity contribution is 7.91. The van der Waals surface area contributed by atoms with Crippen LogP contribution in [0.25, 0.3) is 0 Å². The highest BCUT2D eigenvalue weighted by Crippen LogP contribution is 2.17. The molecule has 1 unspecified atom stereocenters. The first-order valence-corrected chi connectivity index (χ1v) is 7.53. The van der Waals surface area contributed by atoms with Crippen molar-refractivity contribution >= 4 is 21.7 Å². The van der Waals surface area contributed by atoms with E-state index in [1.807, 2.05) is 0 Å². The smallest absolute Gasteiger partial charge is 0.266 e. The summed E-state index contributed by atoms with van der Waals surface area (Å²) in [6.45, 7) is 1.14. The van der Waals surface area contributed by atoms with Gasteiger partial charge in [-0.1, -0.05) is 0 Å². The number of hydroxylamine groups is 1. The van der Waals surface area contributed by atoms with Crippen molar-refractivity contribution in [2.75, 3.05) is 12.9 Å². The number of amides is 2. The summed E-state index contributed by atoms with van der Waals surface area (Å²) < 4.78 is 29.3. The predicted octanol–water partition coefficient (Wildman–Crippen LogP) is -0.521. The SMILES string of the molecule is COc1ccc(S(=O)(=O)CC(NC(C)=O)C(=O)NO)cc1. The van der Waals surface area contributed by atoms with Crippen molar-refractivity contribution in [2.45, 2.75) is 17.9 Å². The van der Waals surface area contributed by atoms with E-state index in [4.69, 9.17) is 9.94 Å². The summed E-state index contributed by atoms with van der Waals surface area (Å²) in [5, 5.41) is 10.8. The molecule has 1 aromatic carbocycles. The molecular formula is C12H16N2O6S. The number of nitrogens with one attached hydrogen (secondary N) is 2. The normalized spacial score (nSPS) is 12.3. The Bertz CT molecular complexity index is 611. The molecule has 0 saturated carbocycles. The quantitative estimate of drug-likeness (QED) is 0.479. The molecule has 1 atom stereocenters. The minimum absolute atomic E-state index is 0.0237. The van der Waals surface area contributed by atoms with E-state index in [9.17, 15) is 18.0 Å². The predicted molar refractivity (Wildman–Crippen MR) is 72.6 cm³/mol. The van der Waals surface area contributed by atoms with Crippen LogP contribution in [0, 0.1) is 0 Å². The molecule has 0 aliphatic heterocycles. The second-order valence-electron chi connectivity index (χ2n) is 4.19. The van der Waals surface area contributed by atoms with Crippen LogP contribution in [0.4, 0.5) is 0 Å². The molecule has 8 nitrogen and oxygen atoms in total. The first kappa shape index (κ1) is 16.9. The van der Waals surface area contributed by atoms with E-state index >= 15 is 0 Å². The first-order chi connectivity index (χ1) is 9.80. The Morgan fingerprint density at radius 1 is 1.29 bits per heavy atom. The number of carbonyl (C=O) groups excluding carboxylic acids is 2. The van der Waals surface area contributed by atoms with Crippen molar-refractivity contribution in [3.05, 3.63) is 24.3 Å². The van der Waals surface area contributed by atoms with Crippen molar-refractivity contribution in [1.29, 1.82) is 0 Å². The lowest BCUT2D eigenvalue weighted by atomic mass is 10.3. The fraction of sp³-hybridized carbons (Fsp3) is 0.333. The fourth-order valence-corrected chi connectivity index (χ4v) is 3.02. The van der Waals surface area contributed by atoms with Crippen LogP contribution >= 0.6 is 0 Å². The van der Waals surface area contributed by atoms with Gasteiger partial charge in [0.25, 0.3) is 5.91 Å². The van der Waals surface area contributed by atoms with E-state index in [0.717, 1.165) is 6.92 Å². The molecule has 21 heavy (non-hydrogen) atoms. The van der Waals surface area contributed by atoms with Crippen LogP contribution in [0.5, 0.6) is 5.75 Å². The zero-order valence-corrected chi connectivity index (χ0v) is 12.3. The topological polar surface area (TPSA) is 122 Å². The average molecular weight is 316 g/mol. The van der Waals surface area contributed by atoms with Gasteiger partial charge in [0, 0.05) is 6.92 Å². The summed E-state index contributed by atoms with van der Waals surface area (Å²) in [6.07, 6.45) is 0. The molecule has 3 N–H and O–H groups in total. The van der Waals surface area contributed by atoms with E-state index in [2.05, 4.69) is 5.32 Å². The Kier molecular flexibility index (Phi) is 5.68. The van der Waals surface area contributed by atoms with Gasteiger partial charge >= 0.3 is 0 Å². The number of hydrogen-bond donors (Lipinski definition) is 3. The molecule has 2 amide bonds. The van der Waals surface area contributed by atoms with E-state index < -0.39 is 33.4 Å². The molecule has 1 aromatic rings. The molecule has 0 spiro atoms. The van der Waals surface area contributed by atoms with Crippen molar-refractivity contribution < 1.29 is 28.0 Å². The zero-order valence-electron chi connectivity index (χ0n) is 11.5. The van der Waals surface area contributed by atoms with Crippen molar-refractivity contribution in [3.8, 4) is 5.75 Å². The standard InChI is InChI=1S/C12H16N2O6S/c1-8(15)13-11(12(16)14-17)7-21(18,19)10-5-3-9(20-2)4-6-10/h3-6,11,17H,7H2,1-2H3,(H,13,15)(H,14,16). The molecule has 1 rings (SSSR count). The lowest BCUT2D eigenvalue weighted by Gasteiger charge is -2.16. The molecule has 0 bridgehead atoms. The van der Waals surface area contributed by atoms with Crippen LogP contribution in [-0.2, 0) is 19.4 Å². The summed E-state index contributed by atoms with van der Waals surface area (Å²) in [4.78, 5) is 22.4. The van der Waals surface area contributed by atoms with Gasteiger partial charge in [-0.25, -0.2) is 13.9 Å². The second kappa shape index (κ2) is 7.04. The monoisotopic (exact) mass is 316 g/mol. The largest absolute Gasteiger partial charge is 0.497 e. The molecule has 0 heterocycles. The number of methoxy groups -OCH3 is 1. The maximum atomic E-state index is 12.2. The molecule has 0 radical (unpaired) electrons. The highest BCUT2D eigenvalue weighted by Gasteiger charge is 2.27. The molecule has 116 valence electrons. The van der Waals surface area contributed by atoms with Gasteiger partial charge in [0.2, 0.25) is 5.91 Å². The van der Waals surface area contributed by atoms with E-state index in [1.165, 1.54) is 36.9 Å². The van der Waals surface area contributed by atoms with Crippen molar-refractivity contribution in [2.24, 2.45) is 0 Å². The van der Waals surface area contributed by atoms with Gasteiger partial charge in [-0.05, 0) is 24.3 Å². The van der Waals surface area contributed by atoms with Crippen molar-refractivity contribution in [3.63, 3.8) is 0 Å². The third-order valence-corrected chi connectivity index (χ3v) is 4.37. The molecule has 0 aliphatic rings. The summed E-state index contributed by atoms with van der Waals surface area (Å²) >= 11 is 0. The number of carbonyl (C=O) groups is 2. The Morgan fingerprint density at radius 2 is 1.86 bits per heavy atom. The minimum Gasteiger partial charge on any atom is -0.497 e. The molecular weight excluding hydrogens is 300 g/mol. The number of rotatable bonds is 6.